The number of nitro groups is 1. The number of nitro benzene ring substituents is 1. The first-order valence-electron chi connectivity index (χ1n) is 5.77. The number of ether oxygens (including phenoxy) is 1. The maximum atomic E-state index is 10.9. The number of nitrogens with zero attached hydrogens (tertiary/aromatic N) is 1. The van der Waals surface area contributed by atoms with Crippen LogP contribution in [0.2, 0.25) is 0 Å². The van der Waals surface area contributed by atoms with Crippen LogP contribution in [-0.2, 0) is 0 Å². The van der Waals surface area contributed by atoms with Crippen LogP contribution < -0.4 is 10.1 Å². The Balaban J connectivity index is 2.06. The normalized spacial score (nSPS) is 14.4. The Morgan fingerprint density at radius 1 is 1.53 bits per heavy atom. The number of hydrogen-bond donors (Lipinski definition) is 1. The number of anilines is 1. The number of rotatable bonds is 6. The Hall–Kier alpha value is -1.78. The summed E-state index contributed by atoms with van der Waals surface area (Å²) in [4.78, 5) is 10.5. The van der Waals surface area contributed by atoms with Gasteiger partial charge in [-0.05, 0) is 18.4 Å². The largest absolute Gasteiger partial charge is 0.497 e. The third-order valence-corrected chi connectivity index (χ3v) is 2.97. The molecule has 1 aromatic rings. The zero-order chi connectivity index (χ0) is 12.3. The van der Waals surface area contributed by atoms with Crippen LogP contribution in [0.3, 0.4) is 0 Å². The van der Waals surface area contributed by atoms with E-state index in [1.165, 1.54) is 18.9 Å². The lowest BCUT2D eigenvalue weighted by molar-refractivity contribution is -0.384. The first kappa shape index (κ1) is 11.7. The van der Waals surface area contributed by atoms with Crippen molar-refractivity contribution in [2.24, 2.45) is 5.92 Å². The van der Waals surface area contributed by atoms with E-state index in [0.717, 1.165) is 18.9 Å². The molecular formula is C12H16N2O3. The van der Waals surface area contributed by atoms with Crippen molar-refractivity contribution in [2.45, 2.75) is 19.3 Å². The van der Waals surface area contributed by atoms with E-state index in [9.17, 15) is 10.1 Å². The van der Waals surface area contributed by atoms with E-state index in [0.29, 0.717) is 11.4 Å². The smallest absolute Gasteiger partial charge is 0.292 e. The molecule has 1 aromatic carbocycles. The topological polar surface area (TPSA) is 64.4 Å². The van der Waals surface area contributed by atoms with Gasteiger partial charge in [0.1, 0.15) is 11.4 Å². The monoisotopic (exact) mass is 236 g/mol. The van der Waals surface area contributed by atoms with Crippen LogP contribution in [-0.4, -0.2) is 18.6 Å². The van der Waals surface area contributed by atoms with Crippen LogP contribution in [0.4, 0.5) is 11.4 Å². The van der Waals surface area contributed by atoms with Gasteiger partial charge in [-0.2, -0.15) is 0 Å². The summed E-state index contributed by atoms with van der Waals surface area (Å²) >= 11 is 0. The molecule has 0 aromatic heterocycles. The third kappa shape index (κ3) is 3.09. The van der Waals surface area contributed by atoms with Crippen molar-refractivity contribution in [1.82, 2.24) is 0 Å². The van der Waals surface area contributed by atoms with Gasteiger partial charge in [0.25, 0.3) is 5.69 Å². The minimum atomic E-state index is -0.376. The molecule has 5 nitrogen and oxygen atoms in total. The molecule has 0 atom stereocenters. The van der Waals surface area contributed by atoms with Crippen molar-refractivity contribution in [3.8, 4) is 5.75 Å². The molecule has 17 heavy (non-hydrogen) atoms. The quantitative estimate of drug-likeness (QED) is 0.609. The van der Waals surface area contributed by atoms with Gasteiger partial charge in [0.05, 0.1) is 12.0 Å². The molecule has 92 valence electrons. The van der Waals surface area contributed by atoms with Gasteiger partial charge in [-0.1, -0.05) is 12.8 Å². The zero-order valence-electron chi connectivity index (χ0n) is 9.81. The molecule has 1 saturated carbocycles. The van der Waals surface area contributed by atoms with Gasteiger partial charge in [-0.15, -0.1) is 0 Å². The highest BCUT2D eigenvalue weighted by atomic mass is 16.6. The fraction of sp³-hybridized carbons (Fsp3) is 0.500. The summed E-state index contributed by atoms with van der Waals surface area (Å²) in [6.07, 6.45) is 3.66. The number of hydrogen-bond acceptors (Lipinski definition) is 4. The van der Waals surface area contributed by atoms with Crippen molar-refractivity contribution in [1.29, 1.82) is 0 Å². The molecule has 0 bridgehead atoms. The summed E-state index contributed by atoms with van der Waals surface area (Å²) in [6, 6.07) is 4.74. The molecule has 0 amide bonds. The number of benzene rings is 1. The molecule has 1 aliphatic rings. The lowest BCUT2D eigenvalue weighted by Gasteiger charge is -2.08. The highest BCUT2D eigenvalue weighted by molar-refractivity contribution is 5.64. The molecule has 0 heterocycles. The summed E-state index contributed by atoms with van der Waals surface area (Å²) in [5.74, 6) is 1.44. The lowest BCUT2D eigenvalue weighted by Crippen LogP contribution is -2.05. The van der Waals surface area contributed by atoms with E-state index < -0.39 is 0 Å². The van der Waals surface area contributed by atoms with Gasteiger partial charge >= 0.3 is 0 Å². The molecular weight excluding hydrogens is 220 g/mol. The van der Waals surface area contributed by atoms with Crippen LogP contribution in [0.25, 0.3) is 0 Å². The van der Waals surface area contributed by atoms with Crippen molar-refractivity contribution >= 4 is 11.4 Å². The Labute approximate surface area is 99.9 Å². The number of methoxy groups -OCH3 is 1. The van der Waals surface area contributed by atoms with Gasteiger partial charge in [-0.25, -0.2) is 0 Å². The summed E-state index contributed by atoms with van der Waals surface area (Å²) in [5.41, 5.74) is 0.636. The summed E-state index contributed by atoms with van der Waals surface area (Å²) in [5, 5.41) is 14.0. The molecule has 0 aliphatic heterocycles. The van der Waals surface area contributed by atoms with Crippen LogP contribution in [0.1, 0.15) is 19.3 Å². The van der Waals surface area contributed by atoms with Crippen LogP contribution in [0.15, 0.2) is 18.2 Å². The Kier molecular flexibility index (Phi) is 3.46. The SMILES string of the molecule is COc1ccc([N+](=O)[O-])c(NCCC2CC2)c1. The molecule has 0 unspecified atom stereocenters. The van der Waals surface area contributed by atoms with Crippen LogP contribution in [0, 0.1) is 16.0 Å². The molecule has 0 spiro atoms. The molecule has 1 aliphatic carbocycles. The van der Waals surface area contributed by atoms with E-state index in [1.54, 1.807) is 19.2 Å². The maximum Gasteiger partial charge on any atom is 0.292 e. The van der Waals surface area contributed by atoms with Crippen molar-refractivity contribution in [3.05, 3.63) is 28.3 Å². The minimum Gasteiger partial charge on any atom is -0.497 e. The molecule has 0 saturated heterocycles. The second-order valence-corrected chi connectivity index (χ2v) is 4.30. The Morgan fingerprint density at radius 2 is 2.29 bits per heavy atom. The van der Waals surface area contributed by atoms with Crippen molar-refractivity contribution < 1.29 is 9.66 Å². The van der Waals surface area contributed by atoms with Gasteiger partial charge in [0.15, 0.2) is 0 Å². The summed E-state index contributed by atoms with van der Waals surface area (Å²) in [6.45, 7) is 0.776. The van der Waals surface area contributed by atoms with E-state index in [2.05, 4.69) is 5.32 Å². The van der Waals surface area contributed by atoms with Gasteiger partial charge in [-0.3, -0.25) is 10.1 Å². The molecule has 5 heteroatoms. The van der Waals surface area contributed by atoms with Crippen molar-refractivity contribution in [2.75, 3.05) is 19.0 Å². The second-order valence-electron chi connectivity index (χ2n) is 4.30. The molecule has 2 rings (SSSR count). The van der Waals surface area contributed by atoms with Gasteiger partial charge < -0.3 is 10.1 Å². The molecule has 0 radical (unpaired) electrons. The summed E-state index contributed by atoms with van der Waals surface area (Å²) < 4.78 is 5.07. The standard InChI is InChI=1S/C12H16N2O3/c1-17-10-4-5-12(14(15)16)11(8-10)13-7-6-9-2-3-9/h4-5,8-9,13H,2-3,6-7H2,1H3. The fourth-order valence-corrected chi connectivity index (χ4v) is 1.76. The third-order valence-electron chi connectivity index (χ3n) is 2.97. The average Bonchev–Trinajstić information content (AvgIpc) is 3.12. The molecule has 1 N–H and O–H groups in total. The predicted molar refractivity (Wildman–Crippen MR) is 65.5 cm³/mol. The highest BCUT2D eigenvalue weighted by Crippen LogP contribution is 2.33. The molecule has 1 fully saturated rings. The van der Waals surface area contributed by atoms with Crippen LogP contribution in [0.5, 0.6) is 5.75 Å². The van der Waals surface area contributed by atoms with E-state index >= 15 is 0 Å². The summed E-state index contributed by atoms with van der Waals surface area (Å²) in [7, 11) is 1.55. The Bertz CT molecular complexity index is 416. The average molecular weight is 236 g/mol. The van der Waals surface area contributed by atoms with E-state index in [4.69, 9.17) is 4.74 Å². The lowest BCUT2D eigenvalue weighted by atomic mass is 10.2. The number of nitrogens with one attached hydrogen (secondary N) is 1. The van der Waals surface area contributed by atoms with Gasteiger partial charge in [0, 0.05) is 18.7 Å². The Morgan fingerprint density at radius 3 is 2.88 bits per heavy atom. The van der Waals surface area contributed by atoms with E-state index in [-0.39, 0.29) is 10.6 Å². The maximum absolute atomic E-state index is 10.9. The first-order chi connectivity index (χ1) is 8.20. The second kappa shape index (κ2) is 5.03. The predicted octanol–water partition coefficient (Wildman–Crippen LogP) is 2.82. The first-order valence-corrected chi connectivity index (χ1v) is 5.77. The van der Waals surface area contributed by atoms with Crippen LogP contribution >= 0.6 is 0 Å². The zero-order valence-corrected chi connectivity index (χ0v) is 9.81. The van der Waals surface area contributed by atoms with Gasteiger partial charge in [0.2, 0.25) is 0 Å². The fourth-order valence-electron chi connectivity index (χ4n) is 1.76. The van der Waals surface area contributed by atoms with E-state index in [1.807, 2.05) is 0 Å². The minimum absolute atomic E-state index is 0.0987. The van der Waals surface area contributed by atoms with Crippen molar-refractivity contribution in [3.63, 3.8) is 0 Å². The highest BCUT2D eigenvalue weighted by Gasteiger charge is 2.21.